The topological polar surface area (TPSA) is 55.5 Å². The first-order valence-corrected chi connectivity index (χ1v) is 7.56. The van der Waals surface area contributed by atoms with Crippen LogP contribution in [0, 0.1) is 0 Å². The van der Waals surface area contributed by atoms with E-state index >= 15 is 0 Å². The first kappa shape index (κ1) is 20.1. The number of alkyl halides is 3. The van der Waals surface area contributed by atoms with Crippen molar-refractivity contribution in [2.24, 2.45) is 5.73 Å². The standard InChI is InChI=1S/C14H10Br2F3NO2.ClH/c15-9-5-6-10(16)13(21)11(9)12(20)7-1-3-8(4-2-7)22-14(17,18)19;/h1-6,12,21H,20H2;1H/t12-;/m0./s1. The van der Waals surface area contributed by atoms with Gasteiger partial charge in [0.15, 0.2) is 0 Å². The molecule has 0 radical (unpaired) electrons. The van der Waals surface area contributed by atoms with Crippen molar-refractivity contribution < 1.29 is 23.0 Å². The molecule has 0 aliphatic rings. The number of halogens is 6. The van der Waals surface area contributed by atoms with E-state index in [1.54, 1.807) is 12.1 Å². The van der Waals surface area contributed by atoms with E-state index in [1.807, 2.05) is 0 Å². The number of phenolic OH excluding ortho intramolecular Hbond substituents is 1. The van der Waals surface area contributed by atoms with Crippen LogP contribution in [-0.4, -0.2) is 11.5 Å². The minimum absolute atomic E-state index is 0. The third kappa shape index (κ3) is 5.00. The van der Waals surface area contributed by atoms with Crippen LogP contribution in [0.5, 0.6) is 11.5 Å². The molecule has 23 heavy (non-hydrogen) atoms. The van der Waals surface area contributed by atoms with E-state index in [4.69, 9.17) is 5.73 Å². The summed E-state index contributed by atoms with van der Waals surface area (Å²) < 4.78 is 41.2. The Kier molecular flexibility index (Phi) is 6.76. The van der Waals surface area contributed by atoms with E-state index in [0.717, 1.165) is 0 Å². The van der Waals surface area contributed by atoms with E-state index < -0.39 is 12.4 Å². The van der Waals surface area contributed by atoms with Crippen LogP contribution in [-0.2, 0) is 0 Å². The molecular formula is C14H11Br2ClF3NO2. The zero-order valence-corrected chi connectivity index (χ0v) is 15.3. The second-order valence-electron chi connectivity index (χ2n) is 4.39. The molecule has 0 fully saturated rings. The fraction of sp³-hybridized carbons (Fsp3) is 0.143. The molecule has 0 heterocycles. The molecule has 2 aromatic rings. The maximum atomic E-state index is 12.1. The van der Waals surface area contributed by atoms with Gasteiger partial charge in [-0.3, -0.25) is 0 Å². The zero-order chi connectivity index (χ0) is 16.5. The molecule has 0 saturated carbocycles. The van der Waals surface area contributed by atoms with Gasteiger partial charge in [-0.2, -0.15) is 0 Å². The van der Waals surface area contributed by atoms with E-state index in [9.17, 15) is 18.3 Å². The Labute approximate surface area is 153 Å². The van der Waals surface area contributed by atoms with Crippen molar-refractivity contribution in [2.75, 3.05) is 0 Å². The maximum absolute atomic E-state index is 12.1. The lowest BCUT2D eigenvalue weighted by atomic mass is 9.99. The van der Waals surface area contributed by atoms with Gasteiger partial charge in [-0.1, -0.05) is 28.1 Å². The summed E-state index contributed by atoms with van der Waals surface area (Å²) in [6.07, 6.45) is -4.74. The number of phenols is 1. The van der Waals surface area contributed by atoms with Gasteiger partial charge in [0.1, 0.15) is 11.5 Å². The van der Waals surface area contributed by atoms with Crippen molar-refractivity contribution in [1.29, 1.82) is 0 Å². The predicted octanol–water partition coefficient (Wildman–Crippen LogP) is 5.29. The SMILES string of the molecule is Cl.N[C@@H](c1ccc(OC(F)(F)F)cc1)c1c(Br)ccc(Br)c1O. The molecule has 0 unspecified atom stereocenters. The number of hydrogen-bond donors (Lipinski definition) is 2. The van der Waals surface area contributed by atoms with Crippen LogP contribution in [0.1, 0.15) is 17.2 Å². The average Bonchev–Trinajstić information content (AvgIpc) is 2.42. The number of hydrogen-bond acceptors (Lipinski definition) is 3. The summed E-state index contributed by atoms with van der Waals surface area (Å²) in [6, 6.07) is 7.82. The number of nitrogens with two attached hydrogens (primary N) is 1. The van der Waals surface area contributed by atoms with Crippen LogP contribution in [0.3, 0.4) is 0 Å². The summed E-state index contributed by atoms with van der Waals surface area (Å²) in [5.41, 5.74) is 7.05. The average molecular weight is 478 g/mol. The zero-order valence-electron chi connectivity index (χ0n) is 11.3. The summed E-state index contributed by atoms with van der Waals surface area (Å²) in [7, 11) is 0. The minimum atomic E-state index is -4.74. The highest BCUT2D eigenvalue weighted by Gasteiger charge is 2.31. The van der Waals surface area contributed by atoms with E-state index in [0.29, 0.717) is 20.1 Å². The van der Waals surface area contributed by atoms with Gasteiger partial charge in [0.05, 0.1) is 10.5 Å². The Balaban J connectivity index is 0.00000264. The van der Waals surface area contributed by atoms with Crippen molar-refractivity contribution in [3.63, 3.8) is 0 Å². The van der Waals surface area contributed by atoms with Gasteiger partial charge in [0.2, 0.25) is 0 Å². The van der Waals surface area contributed by atoms with Crippen LogP contribution >= 0.6 is 44.3 Å². The summed E-state index contributed by atoms with van der Waals surface area (Å²) in [6.45, 7) is 0. The molecule has 126 valence electrons. The van der Waals surface area contributed by atoms with E-state index in [-0.39, 0.29) is 23.9 Å². The predicted molar refractivity (Wildman–Crippen MR) is 89.9 cm³/mol. The van der Waals surface area contributed by atoms with Crippen LogP contribution in [0.2, 0.25) is 0 Å². The molecule has 3 N–H and O–H groups in total. The van der Waals surface area contributed by atoms with Gasteiger partial charge in [0, 0.05) is 10.0 Å². The Hall–Kier alpha value is -0.960. The van der Waals surface area contributed by atoms with Gasteiger partial charge >= 0.3 is 6.36 Å². The molecule has 2 rings (SSSR count). The molecule has 0 aliphatic heterocycles. The number of benzene rings is 2. The number of aromatic hydroxyl groups is 1. The van der Waals surface area contributed by atoms with Crippen molar-refractivity contribution >= 4 is 44.3 Å². The quantitative estimate of drug-likeness (QED) is 0.632. The molecule has 0 aliphatic carbocycles. The lowest BCUT2D eigenvalue weighted by molar-refractivity contribution is -0.274. The van der Waals surface area contributed by atoms with Crippen LogP contribution < -0.4 is 10.5 Å². The second kappa shape index (κ2) is 7.74. The molecule has 1 atom stereocenters. The van der Waals surface area contributed by atoms with Gasteiger partial charge in [-0.15, -0.1) is 25.6 Å². The molecule has 9 heteroatoms. The van der Waals surface area contributed by atoms with E-state index in [2.05, 4.69) is 36.6 Å². The fourth-order valence-corrected chi connectivity index (χ4v) is 2.81. The van der Waals surface area contributed by atoms with Crippen molar-refractivity contribution in [2.45, 2.75) is 12.4 Å². The smallest absolute Gasteiger partial charge is 0.506 e. The summed E-state index contributed by atoms with van der Waals surface area (Å²) >= 11 is 6.49. The molecule has 3 nitrogen and oxygen atoms in total. The number of rotatable bonds is 3. The van der Waals surface area contributed by atoms with Crippen molar-refractivity contribution in [1.82, 2.24) is 0 Å². The van der Waals surface area contributed by atoms with Crippen LogP contribution in [0.25, 0.3) is 0 Å². The van der Waals surface area contributed by atoms with Crippen LogP contribution in [0.4, 0.5) is 13.2 Å². The fourth-order valence-electron chi connectivity index (χ4n) is 1.90. The lowest BCUT2D eigenvalue weighted by Gasteiger charge is -2.17. The molecule has 2 aromatic carbocycles. The Morgan fingerprint density at radius 2 is 1.52 bits per heavy atom. The van der Waals surface area contributed by atoms with Crippen molar-refractivity contribution in [3.8, 4) is 11.5 Å². The van der Waals surface area contributed by atoms with Gasteiger partial charge in [0.25, 0.3) is 0 Å². The third-order valence-corrected chi connectivity index (χ3v) is 4.23. The molecular weight excluding hydrogens is 466 g/mol. The molecule has 0 spiro atoms. The normalized spacial score (nSPS) is 12.4. The van der Waals surface area contributed by atoms with Gasteiger partial charge in [-0.25, -0.2) is 0 Å². The molecule has 0 aromatic heterocycles. The van der Waals surface area contributed by atoms with Crippen molar-refractivity contribution in [3.05, 3.63) is 56.5 Å². The maximum Gasteiger partial charge on any atom is 0.573 e. The molecule has 0 bridgehead atoms. The summed E-state index contributed by atoms with van der Waals surface area (Å²) in [5.74, 6) is -0.363. The first-order valence-electron chi connectivity index (χ1n) is 5.97. The minimum Gasteiger partial charge on any atom is -0.506 e. The molecule has 0 saturated heterocycles. The summed E-state index contributed by atoms with van der Waals surface area (Å²) in [4.78, 5) is 0. The number of ether oxygens (including phenoxy) is 1. The highest BCUT2D eigenvalue weighted by atomic mass is 79.9. The Morgan fingerprint density at radius 3 is 2.04 bits per heavy atom. The molecule has 0 amide bonds. The summed E-state index contributed by atoms with van der Waals surface area (Å²) in [5, 5.41) is 10.1. The van der Waals surface area contributed by atoms with E-state index in [1.165, 1.54) is 24.3 Å². The van der Waals surface area contributed by atoms with Gasteiger partial charge < -0.3 is 15.6 Å². The largest absolute Gasteiger partial charge is 0.573 e. The monoisotopic (exact) mass is 475 g/mol. The Bertz CT molecular complexity index is 681. The third-order valence-electron chi connectivity index (χ3n) is 2.90. The first-order chi connectivity index (χ1) is 10.2. The van der Waals surface area contributed by atoms with Gasteiger partial charge in [-0.05, 0) is 45.8 Å². The second-order valence-corrected chi connectivity index (χ2v) is 6.09. The van der Waals surface area contributed by atoms with Crippen LogP contribution in [0.15, 0.2) is 45.3 Å². The Morgan fingerprint density at radius 1 is 1.00 bits per heavy atom. The highest BCUT2D eigenvalue weighted by molar-refractivity contribution is 9.11. The highest BCUT2D eigenvalue weighted by Crippen LogP contribution is 2.39. The lowest BCUT2D eigenvalue weighted by Crippen LogP contribution is -2.17.